The monoisotopic (exact) mass is 357 g/mol. The summed E-state index contributed by atoms with van der Waals surface area (Å²) in [5.74, 6) is -1.17. The quantitative estimate of drug-likeness (QED) is 0.710. The lowest BCUT2D eigenvalue weighted by atomic mass is 10.3. The predicted octanol–water partition coefficient (Wildman–Crippen LogP) is 1.26. The summed E-state index contributed by atoms with van der Waals surface area (Å²) in [6, 6.07) is 1.10. The highest BCUT2D eigenvalue weighted by Crippen LogP contribution is 2.31. The van der Waals surface area contributed by atoms with Crippen LogP contribution in [-0.2, 0) is 10.0 Å². The van der Waals surface area contributed by atoms with Crippen LogP contribution >= 0.6 is 27.3 Å². The number of halogens is 1. The fraction of sp³-hybridized carbons (Fsp3) is 0.444. The van der Waals surface area contributed by atoms with Crippen LogP contribution in [0.4, 0.5) is 0 Å². The van der Waals surface area contributed by atoms with Gasteiger partial charge in [-0.2, -0.15) is 0 Å². The van der Waals surface area contributed by atoms with Crippen LogP contribution in [0.3, 0.4) is 0 Å². The van der Waals surface area contributed by atoms with E-state index in [0.717, 1.165) is 17.4 Å². The average molecular weight is 358 g/mol. The first kappa shape index (κ1) is 15.6. The van der Waals surface area contributed by atoms with E-state index in [9.17, 15) is 13.2 Å². The molecule has 102 valence electrons. The molecule has 1 rings (SSSR count). The van der Waals surface area contributed by atoms with E-state index in [1.165, 1.54) is 0 Å². The van der Waals surface area contributed by atoms with E-state index in [1.54, 1.807) is 6.92 Å². The molecule has 0 aliphatic heterocycles. The number of hydrogen-bond donors (Lipinski definition) is 3. The van der Waals surface area contributed by atoms with Crippen LogP contribution in [0, 0.1) is 0 Å². The minimum atomic E-state index is -3.76. The van der Waals surface area contributed by atoms with Crippen molar-refractivity contribution in [3.05, 3.63) is 14.7 Å². The van der Waals surface area contributed by atoms with Crippen molar-refractivity contribution in [2.45, 2.75) is 24.3 Å². The van der Waals surface area contributed by atoms with Crippen molar-refractivity contribution in [3.63, 3.8) is 0 Å². The maximum atomic E-state index is 11.9. The molecule has 1 atom stereocenters. The van der Waals surface area contributed by atoms with Gasteiger partial charge < -0.3 is 10.2 Å². The van der Waals surface area contributed by atoms with Crippen molar-refractivity contribution in [1.29, 1.82) is 0 Å². The van der Waals surface area contributed by atoms with Gasteiger partial charge in [0.2, 0.25) is 10.0 Å². The van der Waals surface area contributed by atoms with Crippen LogP contribution in [0.15, 0.2) is 14.7 Å². The zero-order valence-corrected chi connectivity index (χ0v) is 12.6. The van der Waals surface area contributed by atoms with E-state index in [0.29, 0.717) is 0 Å². The van der Waals surface area contributed by atoms with E-state index in [1.807, 2.05) is 0 Å². The number of hydrogen-bond acceptors (Lipinski definition) is 5. The Morgan fingerprint density at radius 3 is 2.67 bits per heavy atom. The molecule has 0 amide bonds. The molecule has 1 heterocycles. The summed E-state index contributed by atoms with van der Waals surface area (Å²) in [6.45, 7) is 1.64. The maximum absolute atomic E-state index is 11.9. The van der Waals surface area contributed by atoms with Gasteiger partial charge in [-0.3, -0.25) is 0 Å². The van der Waals surface area contributed by atoms with Crippen LogP contribution < -0.4 is 4.72 Å². The van der Waals surface area contributed by atoms with Gasteiger partial charge in [-0.05, 0) is 35.3 Å². The highest BCUT2D eigenvalue weighted by Gasteiger charge is 2.22. The van der Waals surface area contributed by atoms with Crippen molar-refractivity contribution < 1.29 is 23.4 Å². The fourth-order valence-corrected chi connectivity index (χ4v) is 4.57. The summed E-state index contributed by atoms with van der Waals surface area (Å²) in [5, 5.41) is 17.8. The number of aliphatic hydroxyl groups is 1. The molecule has 9 heteroatoms. The molecule has 6 nitrogen and oxygen atoms in total. The number of rotatable bonds is 6. The highest BCUT2D eigenvalue weighted by atomic mass is 79.9. The molecule has 3 N–H and O–H groups in total. The molecule has 0 aliphatic rings. The van der Waals surface area contributed by atoms with Crippen LogP contribution in [0.1, 0.15) is 23.0 Å². The number of carbonyl (C=O) groups is 1. The molecule has 0 fully saturated rings. The Morgan fingerprint density at radius 1 is 1.61 bits per heavy atom. The Morgan fingerprint density at radius 2 is 2.22 bits per heavy atom. The third-order valence-corrected chi connectivity index (χ3v) is 5.71. The average Bonchev–Trinajstić information content (AvgIpc) is 2.60. The van der Waals surface area contributed by atoms with E-state index in [4.69, 9.17) is 10.2 Å². The maximum Gasteiger partial charge on any atom is 0.345 e. The number of aliphatic hydroxyl groups excluding tert-OH is 1. The molecule has 0 saturated carbocycles. The van der Waals surface area contributed by atoms with Crippen LogP contribution in [0.25, 0.3) is 0 Å². The lowest BCUT2D eigenvalue weighted by molar-refractivity contribution is 0.0702. The topological polar surface area (TPSA) is 104 Å². The lowest BCUT2D eigenvalue weighted by Crippen LogP contribution is -2.26. The van der Waals surface area contributed by atoms with Crippen molar-refractivity contribution in [1.82, 2.24) is 4.72 Å². The normalized spacial score (nSPS) is 13.5. The summed E-state index contributed by atoms with van der Waals surface area (Å²) in [4.78, 5) is 10.6. The van der Waals surface area contributed by atoms with Gasteiger partial charge in [-0.25, -0.2) is 17.9 Å². The minimum absolute atomic E-state index is 0.0576. The number of carboxylic acid groups (broad SMARTS) is 1. The van der Waals surface area contributed by atoms with Gasteiger partial charge >= 0.3 is 5.97 Å². The molecule has 0 radical (unpaired) electrons. The zero-order chi connectivity index (χ0) is 13.9. The predicted molar refractivity (Wildman–Crippen MR) is 70.5 cm³/mol. The number of nitrogens with one attached hydrogen (secondary N) is 1. The molecule has 1 aromatic heterocycles. The third kappa shape index (κ3) is 4.02. The summed E-state index contributed by atoms with van der Waals surface area (Å²) in [5.41, 5.74) is 0. The Balaban J connectivity index is 2.88. The molecule has 0 aliphatic carbocycles. The van der Waals surface area contributed by atoms with Crippen LogP contribution in [-0.4, -0.2) is 37.2 Å². The minimum Gasteiger partial charge on any atom is -0.477 e. The molecule has 0 spiro atoms. The summed E-state index contributed by atoms with van der Waals surface area (Å²) in [7, 11) is -3.76. The first-order valence-corrected chi connectivity index (χ1v) is 8.03. The van der Waals surface area contributed by atoms with Crippen molar-refractivity contribution in [3.8, 4) is 0 Å². The molecular weight excluding hydrogens is 346 g/mol. The Kier molecular flexibility index (Phi) is 5.29. The Bertz CT molecular complexity index is 537. The number of sulfonamides is 1. The molecule has 0 saturated heterocycles. The lowest BCUT2D eigenvalue weighted by Gasteiger charge is -2.06. The van der Waals surface area contributed by atoms with Gasteiger partial charge in [0.05, 0.1) is 9.89 Å². The van der Waals surface area contributed by atoms with Gasteiger partial charge in [0, 0.05) is 6.54 Å². The van der Waals surface area contributed by atoms with Crippen molar-refractivity contribution in [2.24, 2.45) is 0 Å². The van der Waals surface area contributed by atoms with Gasteiger partial charge in [0.25, 0.3) is 0 Å². The van der Waals surface area contributed by atoms with E-state index >= 15 is 0 Å². The molecule has 0 aromatic carbocycles. The standard InChI is InChI=1S/C9H12BrNO5S2/c1-5(12)2-3-11-18(15,16)7-4-6(9(13)14)17-8(7)10/h4-5,11-12H,2-3H2,1H3,(H,13,14). The fourth-order valence-electron chi connectivity index (χ4n) is 1.12. The Hall–Kier alpha value is -0.480. The second-order valence-corrected chi connectivity index (χ2v) is 7.69. The van der Waals surface area contributed by atoms with E-state index < -0.39 is 22.1 Å². The van der Waals surface area contributed by atoms with Crippen molar-refractivity contribution >= 4 is 43.3 Å². The SMILES string of the molecule is CC(O)CCNS(=O)(=O)c1cc(C(=O)O)sc1Br. The number of carboxylic acids is 1. The third-order valence-electron chi connectivity index (χ3n) is 2.01. The van der Waals surface area contributed by atoms with Gasteiger partial charge in [-0.15, -0.1) is 11.3 Å². The smallest absolute Gasteiger partial charge is 0.345 e. The number of thiophene rings is 1. The molecule has 18 heavy (non-hydrogen) atoms. The Labute approximate surface area is 117 Å². The van der Waals surface area contributed by atoms with Crippen LogP contribution in [0.5, 0.6) is 0 Å². The van der Waals surface area contributed by atoms with Gasteiger partial charge in [0.1, 0.15) is 9.77 Å². The largest absolute Gasteiger partial charge is 0.477 e. The summed E-state index contributed by atoms with van der Waals surface area (Å²) < 4.78 is 26.3. The van der Waals surface area contributed by atoms with E-state index in [2.05, 4.69) is 20.7 Å². The van der Waals surface area contributed by atoms with Crippen molar-refractivity contribution in [2.75, 3.05) is 6.54 Å². The number of aromatic carboxylic acids is 1. The summed E-state index contributed by atoms with van der Waals surface area (Å²) >= 11 is 3.87. The second-order valence-electron chi connectivity index (χ2n) is 3.59. The summed E-state index contributed by atoms with van der Waals surface area (Å²) in [6.07, 6.45) is -0.319. The first-order valence-electron chi connectivity index (χ1n) is 4.94. The molecular formula is C9H12BrNO5S2. The van der Waals surface area contributed by atoms with Crippen LogP contribution in [0.2, 0.25) is 0 Å². The highest BCUT2D eigenvalue weighted by molar-refractivity contribution is 9.11. The van der Waals surface area contributed by atoms with Gasteiger partial charge in [0.15, 0.2) is 0 Å². The van der Waals surface area contributed by atoms with Gasteiger partial charge in [-0.1, -0.05) is 0 Å². The second kappa shape index (κ2) is 6.11. The molecule has 0 bridgehead atoms. The zero-order valence-electron chi connectivity index (χ0n) is 9.38. The van der Waals surface area contributed by atoms with E-state index in [-0.39, 0.29) is 26.5 Å². The molecule has 1 unspecified atom stereocenters. The molecule has 1 aromatic rings. The first-order chi connectivity index (χ1) is 8.24.